The van der Waals surface area contributed by atoms with Crippen molar-refractivity contribution in [2.45, 2.75) is 58.9 Å². The first-order chi connectivity index (χ1) is 7.25. The van der Waals surface area contributed by atoms with E-state index < -0.39 is 0 Å². The van der Waals surface area contributed by atoms with Gasteiger partial charge in [0.25, 0.3) is 0 Å². The van der Waals surface area contributed by atoms with E-state index in [1.807, 2.05) is 0 Å². The number of hydrogen-bond acceptors (Lipinski definition) is 2. The molecule has 0 radical (unpaired) electrons. The van der Waals surface area contributed by atoms with Crippen molar-refractivity contribution in [1.82, 2.24) is 5.32 Å². The van der Waals surface area contributed by atoms with Crippen molar-refractivity contribution in [3.05, 3.63) is 0 Å². The standard InChI is InChI=1S/C13H27NO/c1-4-10-14-12(3)13(8-9-13)7-6-11-15-5-2/h12,14H,4-11H2,1-3H3. The third-order valence-electron chi connectivity index (χ3n) is 3.68. The first kappa shape index (κ1) is 13.0. The zero-order valence-electron chi connectivity index (χ0n) is 10.6. The van der Waals surface area contributed by atoms with Crippen molar-refractivity contribution in [3.8, 4) is 0 Å². The molecule has 2 heteroatoms. The van der Waals surface area contributed by atoms with E-state index in [0.29, 0.717) is 11.5 Å². The highest BCUT2D eigenvalue weighted by atomic mass is 16.5. The van der Waals surface area contributed by atoms with Crippen molar-refractivity contribution < 1.29 is 4.74 Å². The van der Waals surface area contributed by atoms with Crippen LogP contribution in [0.15, 0.2) is 0 Å². The fourth-order valence-corrected chi connectivity index (χ4v) is 2.31. The Hall–Kier alpha value is -0.0800. The number of hydrogen-bond donors (Lipinski definition) is 1. The lowest BCUT2D eigenvalue weighted by atomic mass is 9.92. The summed E-state index contributed by atoms with van der Waals surface area (Å²) in [6.07, 6.45) is 6.63. The minimum absolute atomic E-state index is 0.617. The highest BCUT2D eigenvalue weighted by molar-refractivity contribution is 5.00. The van der Waals surface area contributed by atoms with Gasteiger partial charge in [-0.05, 0) is 57.9 Å². The SMILES string of the molecule is CCCNC(C)C1(CCCOCC)CC1. The molecule has 2 nitrogen and oxygen atoms in total. The zero-order chi connectivity index (χ0) is 11.1. The van der Waals surface area contributed by atoms with Crippen LogP contribution < -0.4 is 5.32 Å². The number of rotatable bonds is 9. The Balaban J connectivity index is 2.14. The molecule has 1 N–H and O–H groups in total. The fraction of sp³-hybridized carbons (Fsp3) is 1.00. The minimum atomic E-state index is 0.617. The Morgan fingerprint density at radius 1 is 1.33 bits per heavy atom. The van der Waals surface area contributed by atoms with Gasteiger partial charge in [-0.2, -0.15) is 0 Å². The van der Waals surface area contributed by atoms with Crippen LogP contribution in [0.4, 0.5) is 0 Å². The predicted octanol–water partition coefficient (Wildman–Crippen LogP) is 2.97. The Kier molecular flexibility index (Phi) is 5.62. The molecule has 0 aromatic heterocycles. The van der Waals surface area contributed by atoms with Crippen LogP contribution in [-0.2, 0) is 4.74 Å². The van der Waals surface area contributed by atoms with Crippen LogP contribution in [0.2, 0.25) is 0 Å². The molecule has 15 heavy (non-hydrogen) atoms. The second-order valence-electron chi connectivity index (χ2n) is 4.84. The van der Waals surface area contributed by atoms with Crippen LogP contribution in [-0.4, -0.2) is 25.8 Å². The van der Waals surface area contributed by atoms with Crippen molar-refractivity contribution in [1.29, 1.82) is 0 Å². The van der Waals surface area contributed by atoms with Gasteiger partial charge in [0, 0.05) is 19.3 Å². The molecule has 1 aliphatic rings. The van der Waals surface area contributed by atoms with Crippen molar-refractivity contribution in [3.63, 3.8) is 0 Å². The summed E-state index contributed by atoms with van der Waals surface area (Å²) in [5.41, 5.74) is 0.617. The van der Waals surface area contributed by atoms with Gasteiger partial charge in [0.15, 0.2) is 0 Å². The van der Waals surface area contributed by atoms with Crippen molar-refractivity contribution in [2.75, 3.05) is 19.8 Å². The zero-order valence-corrected chi connectivity index (χ0v) is 10.6. The molecule has 0 bridgehead atoms. The first-order valence-corrected chi connectivity index (χ1v) is 6.56. The van der Waals surface area contributed by atoms with Crippen LogP contribution in [0.25, 0.3) is 0 Å². The lowest BCUT2D eigenvalue weighted by Gasteiger charge is -2.24. The number of ether oxygens (including phenoxy) is 1. The summed E-state index contributed by atoms with van der Waals surface area (Å²) in [6, 6.07) is 0.694. The van der Waals surface area contributed by atoms with E-state index in [-0.39, 0.29) is 0 Å². The summed E-state index contributed by atoms with van der Waals surface area (Å²) in [7, 11) is 0. The summed E-state index contributed by atoms with van der Waals surface area (Å²) in [5, 5.41) is 3.64. The summed E-state index contributed by atoms with van der Waals surface area (Å²) in [4.78, 5) is 0. The van der Waals surface area contributed by atoms with E-state index in [2.05, 4.69) is 26.1 Å². The summed E-state index contributed by atoms with van der Waals surface area (Å²) < 4.78 is 5.40. The van der Waals surface area contributed by atoms with Gasteiger partial charge in [-0.25, -0.2) is 0 Å². The van der Waals surface area contributed by atoms with Crippen LogP contribution in [0.3, 0.4) is 0 Å². The van der Waals surface area contributed by atoms with Gasteiger partial charge in [0.05, 0.1) is 0 Å². The van der Waals surface area contributed by atoms with Gasteiger partial charge in [-0.3, -0.25) is 0 Å². The molecule has 0 amide bonds. The molecule has 0 aromatic carbocycles. The molecule has 0 aromatic rings. The maximum atomic E-state index is 5.40. The highest BCUT2D eigenvalue weighted by Crippen LogP contribution is 2.52. The molecule has 1 fully saturated rings. The lowest BCUT2D eigenvalue weighted by Crippen LogP contribution is -2.35. The van der Waals surface area contributed by atoms with Gasteiger partial charge >= 0.3 is 0 Å². The normalized spacial score (nSPS) is 20.2. The van der Waals surface area contributed by atoms with E-state index in [4.69, 9.17) is 4.74 Å². The van der Waals surface area contributed by atoms with E-state index >= 15 is 0 Å². The smallest absolute Gasteiger partial charge is 0.0466 e. The fourth-order valence-electron chi connectivity index (χ4n) is 2.31. The van der Waals surface area contributed by atoms with Gasteiger partial charge in [-0.15, -0.1) is 0 Å². The molecule has 0 heterocycles. The van der Waals surface area contributed by atoms with E-state index in [0.717, 1.165) is 19.8 Å². The minimum Gasteiger partial charge on any atom is -0.382 e. The second-order valence-corrected chi connectivity index (χ2v) is 4.84. The third-order valence-corrected chi connectivity index (χ3v) is 3.68. The topological polar surface area (TPSA) is 21.3 Å². The highest BCUT2D eigenvalue weighted by Gasteiger charge is 2.46. The average Bonchev–Trinajstić information content (AvgIpc) is 3.02. The maximum Gasteiger partial charge on any atom is 0.0466 e. The van der Waals surface area contributed by atoms with Crippen molar-refractivity contribution in [2.24, 2.45) is 5.41 Å². The molecular weight excluding hydrogens is 186 g/mol. The van der Waals surface area contributed by atoms with E-state index in [1.54, 1.807) is 0 Å². The molecular formula is C13H27NO. The second kappa shape index (κ2) is 6.49. The summed E-state index contributed by atoms with van der Waals surface area (Å²) in [5.74, 6) is 0. The van der Waals surface area contributed by atoms with E-state index in [9.17, 15) is 0 Å². The Morgan fingerprint density at radius 3 is 2.60 bits per heavy atom. The molecule has 0 saturated heterocycles. The number of nitrogens with one attached hydrogen (secondary N) is 1. The Morgan fingerprint density at radius 2 is 2.07 bits per heavy atom. The lowest BCUT2D eigenvalue weighted by molar-refractivity contribution is 0.135. The third kappa shape index (κ3) is 4.12. The van der Waals surface area contributed by atoms with Crippen LogP contribution in [0, 0.1) is 5.41 Å². The Labute approximate surface area is 94.8 Å². The molecule has 1 aliphatic carbocycles. The average molecular weight is 213 g/mol. The molecule has 1 saturated carbocycles. The molecule has 0 aliphatic heterocycles. The van der Waals surface area contributed by atoms with Gasteiger partial charge < -0.3 is 10.1 Å². The van der Waals surface area contributed by atoms with Gasteiger partial charge in [-0.1, -0.05) is 6.92 Å². The molecule has 1 rings (SSSR count). The summed E-state index contributed by atoms with van der Waals surface area (Å²) >= 11 is 0. The molecule has 90 valence electrons. The van der Waals surface area contributed by atoms with Crippen LogP contribution in [0.5, 0.6) is 0 Å². The van der Waals surface area contributed by atoms with Crippen LogP contribution in [0.1, 0.15) is 52.9 Å². The monoisotopic (exact) mass is 213 g/mol. The molecule has 1 unspecified atom stereocenters. The van der Waals surface area contributed by atoms with Crippen LogP contribution >= 0.6 is 0 Å². The summed E-state index contributed by atoms with van der Waals surface area (Å²) in [6.45, 7) is 9.61. The van der Waals surface area contributed by atoms with E-state index in [1.165, 1.54) is 32.1 Å². The largest absolute Gasteiger partial charge is 0.382 e. The maximum absolute atomic E-state index is 5.40. The first-order valence-electron chi connectivity index (χ1n) is 6.56. The molecule has 1 atom stereocenters. The van der Waals surface area contributed by atoms with Crippen molar-refractivity contribution >= 4 is 0 Å². The van der Waals surface area contributed by atoms with Gasteiger partial charge in [0.1, 0.15) is 0 Å². The van der Waals surface area contributed by atoms with Gasteiger partial charge in [0.2, 0.25) is 0 Å². The quantitative estimate of drug-likeness (QED) is 0.595. The Bertz CT molecular complexity index is 166. The molecule has 0 spiro atoms. The predicted molar refractivity (Wildman–Crippen MR) is 65.1 cm³/mol.